The molecule has 1 aliphatic heterocycles. The highest BCUT2D eigenvalue weighted by molar-refractivity contribution is 7.10. The summed E-state index contributed by atoms with van der Waals surface area (Å²) in [5.74, 6) is -1.06. The van der Waals surface area contributed by atoms with Crippen LogP contribution in [-0.4, -0.2) is 38.7 Å². The van der Waals surface area contributed by atoms with Crippen molar-refractivity contribution < 1.29 is 14.3 Å². The Morgan fingerprint density at radius 2 is 1.90 bits per heavy atom. The SMILES string of the molecule is COC(=O)C1C(C)=NC2=C(C(=O)C[C@@H](c3cccs3)C2)[C@H]1c1ccc(N(C)C)cc1. The molecule has 0 saturated carbocycles. The molecule has 4 rings (SSSR count). The molecule has 30 heavy (non-hydrogen) atoms. The molecule has 1 aromatic carbocycles. The van der Waals surface area contributed by atoms with Gasteiger partial charge in [-0.2, -0.15) is 0 Å². The third-order valence-electron chi connectivity index (χ3n) is 6.06. The molecule has 0 saturated heterocycles. The van der Waals surface area contributed by atoms with E-state index in [2.05, 4.69) is 6.07 Å². The Balaban J connectivity index is 1.80. The van der Waals surface area contributed by atoms with Crippen LogP contribution in [0.2, 0.25) is 0 Å². The van der Waals surface area contributed by atoms with Crippen LogP contribution in [0.1, 0.15) is 42.0 Å². The number of ether oxygens (including phenoxy) is 1. The fraction of sp³-hybridized carbons (Fsp3) is 0.375. The minimum absolute atomic E-state index is 0.0847. The molecule has 5 nitrogen and oxygen atoms in total. The van der Waals surface area contributed by atoms with E-state index in [9.17, 15) is 9.59 Å². The van der Waals surface area contributed by atoms with Crippen molar-refractivity contribution in [2.24, 2.45) is 10.9 Å². The van der Waals surface area contributed by atoms with E-state index in [0.717, 1.165) is 23.4 Å². The Morgan fingerprint density at radius 3 is 2.50 bits per heavy atom. The molecule has 156 valence electrons. The van der Waals surface area contributed by atoms with Gasteiger partial charge in [0.25, 0.3) is 0 Å². The zero-order chi connectivity index (χ0) is 21.4. The first-order valence-electron chi connectivity index (χ1n) is 10.1. The highest BCUT2D eigenvalue weighted by Gasteiger charge is 2.44. The van der Waals surface area contributed by atoms with Gasteiger partial charge in [-0.3, -0.25) is 14.6 Å². The first-order chi connectivity index (χ1) is 14.4. The van der Waals surface area contributed by atoms with Crippen molar-refractivity contribution in [3.05, 3.63) is 63.5 Å². The van der Waals surface area contributed by atoms with Gasteiger partial charge >= 0.3 is 5.97 Å². The summed E-state index contributed by atoms with van der Waals surface area (Å²) in [5.41, 5.74) is 4.23. The largest absolute Gasteiger partial charge is 0.468 e. The summed E-state index contributed by atoms with van der Waals surface area (Å²) in [7, 11) is 5.36. The minimum atomic E-state index is -0.582. The van der Waals surface area contributed by atoms with Gasteiger partial charge in [-0.05, 0) is 42.5 Å². The molecule has 0 spiro atoms. The fourth-order valence-electron chi connectivity index (χ4n) is 4.56. The lowest BCUT2D eigenvalue weighted by atomic mass is 9.70. The summed E-state index contributed by atoms with van der Waals surface area (Å²) >= 11 is 1.68. The predicted octanol–water partition coefficient (Wildman–Crippen LogP) is 4.56. The van der Waals surface area contributed by atoms with Gasteiger partial charge < -0.3 is 9.64 Å². The summed E-state index contributed by atoms with van der Waals surface area (Å²) in [6.07, 6.45) is 1.17. The number of rotatable bonds is 4. The molecule has 0 radical (unpaired) electrons. The number of allylic oxidation sites excluding steroid dienone is 2. The van der Waals surface area contributed by atoms with Crippen molar-refractivity contribution in [1.82, 2.24) is 0 Å². The van der Waals surface area contributed by atoms with E-state index in [4.69, 9.17) is 9.73 Å². The average molecular weight is 423 g/mol. The number of hydrogen-bond acceptors (Lipinski definition) is 6. The van der Waals surface area contributed by atoms with E-state index in [0.29, 0.717) is 17.7 Å². The van der Waals surface area contributed by atoms with Crippen molar-refractivity contribution in [3.63, 3.8) is 0 Å². The quantitative estimate of drug-likeness (QED) is 0.678. The Bertz CT molecular complexity index is 1020. The van der Waals surface area contributed by atoms with Crippen LogP contribution in [0.25, 0.3) is 0 Å². The van der Waals surface area contributed by atoms with Gasteiger partial charge in [0.1, 0.15) is 5.92 Å². The molecule has 2 aromatic rings. The second-order valence-electron chi connectivity index (χ2n) is 8.12. The number of ketones is 1. The molecule has 6 heteroatoms. The number of anilines is 1. The van der Waals surface area contributed by atoms with Crippen LogP contribution in [0.15, 0.2) is 58.0 Å². The monoisotopic (exact) mass is 422 g/mol. The third kappa shape index (κ3) is 3.60. The maximum Gasteiger partial charge on any atom is 0.315 e. The van der Waals surface area contributed by atoms with Gasteiger partial charge in [0, 0.05) is 59.9 Å². The molecule has 2 heterocycles. The smallest absolute Gasteiger partial charge is 0.315 e. The minimum Gasteiger partial charge on any atom is -0.468 e. The van der Waals surface area contributed by atoms with Gasteiger partial charge in [-0.15, -0.1) is 11.3 Å². The lowest BCUT2D eigenvalue weighted by Gasteiger charge is -2.36. The Morgan fingerprint density at radius 1 is 1.17 bits per heavy atom. The van der Waals surface area contributed by atoms with Gasteiger partial charge in [0.2, 0.25) is 0 Å². The van der Waals surface area contributed by atoms with Crippen LogP contribution >= 0.6 is 11.3 Å². The second-order valence-corrected chi connectivity index (χ2v) is 9.10. The van der Waals surface area contributed by atoms with E-state index in [-0.39, 0.29) is 23.6 Å². The van der Waals surface area contributed by atoms with E-state index in [1.165, 1.54) is 12.0 Å². The van der Waals surface area contributed by atoms with Gasteiger partial charge in [-0.25, -0.2) is 0 Å². The number of aliphatic imine (C=N–C) groups is 1. The van der Waals surface area contributed by atoms with Crippen LogP contribution in [0.5, 0.6) is 0 Å². The van der Waals surface area contributed by atoms with E-state index in [1.54, 1.807) is 11.3 Å². The summed E-state index contributed by atoms with van der Waals surface area (Å²) in [6, 6.07) is 12.2. The zero-order valence-corrected chi connectivity index (χ0v) is 18.5. The van der Waals surface area contributed by atoms with Gasteiger partial charge in [0.05, 0.1) is 7.11 Å². The molecule has 0 N–H and O–H groups in total. The summed E-state index contributed by atoms with van der Waals surface area (Å²) in [6.45, 7) is 1.87. The highest BCUT2D eigenvalue weighted by atomic mass is 32.1. The second kappa shape index (κ2) is 8.19. The molecule has 3 atom stereocenters. The first-order valence-corrected chi connectivity index (χ1v) is 11.0. The molecule has 1 aromatic heterocycles. The molecule has 0 fully saturated rings. The van der Waals surface area contributed by atoms with Crippen molar-refractivity contribution in [1.29, 1.82) is 0 Å². The van der Waals surface area contributed by atoms with Gasteiger partial charge in [-0.1, -0.05) is 18.2 Å². The number of methoxy groups -OCH3 is 1. The number of esters is 1. The lowest BCUT2D eigenvalue weighted by Crippen LogP contribution is -2.37. The normalized spacial score (nSPS) is 23.7. The number of hydrogen-bond donors (Lipinski definition) is 0. The maximum atomic E-state index is 13.4. The number of carbonyl (C=O) groups is 2. The Labute approximate surface area is 181 Å². The van der Waals surface area contributed by atoms with Crippen molar-refractivity contribution in [3.8, 4) is 0 Å². The fourth-order valence-corrected chi connectivity index (χ4v) is 5.39. The number of thiophene rings is 1. The van der Waals surface area contributed by atoms with Gasteiger partial charge in [0.15, 0.2) is 5.78 Å². The lowest BCUT2D eigenvalue weighted by molar-refractivity contribution is -0.143. The van der Waals surface area contributed by atoms with Crippen LogP contribution in [0.4, 0.5) is 5.69 Å². The zero-order valence-electron chi connectivity index (χ0n) is 17.7. The molecule has 2 aliphatic rings. The van der Waals surface area contributed by atoms with E-state index >= 15 is 0 Å². The Kier molecular flexibility index (Phi) is 5.60. The number of nitrogens with zero attached hydrogens (tertiary/aromatic N) is 2. The molecular formula is C24H26N2O3S. The van der Waals surface area contributed by atoms with E-state index in [1.807, 2.05) is 61.6 Å². The van der Waals surface area contributed by atoms with Crippen LogP contribution in [-0.2, 0) is 14.3 Å². The summed E-state index contributed by atoms with van der Waals surface area (Å²) in [5, 5.41) is 2.04. The number of carbonyl (C=O) groups excluding carboxylic acids is 2. The topological polar surface area (TPSA) is 59.0 Å². The molecular weight excluding hydrogens is 396 g/mol. The third-order valence-corrected chi connectivity index (χ3v) is 7.09. The molecule has 0 bridgehead atoms. The van der Waals surface area contributed by atoms with E-state index < -0.39 is 5.92 Å². The highest BCUT2D eigenvalue weighted by Crippen LogP contribution is 2.47. The maximum absolute atomic E-state index is 13.4. The predicted molar refractivity (Wildman–Crippen MR) is 120 cm³/mol. The first kappa shape index (κ1) is 20.5. The van der Waals surface area contributed by atoms with Crippen molar-refractivity contribution in [2.75, 3.05) is 26.1 Å². The summed E-state index contributed by atoms with van der Waals surface area (Å²) in [4.78, 5) is 34.1. The molecule has 1 aliphatic carbocycles. The average Bonchev–Trinajstić information content (AvgIpc) is 3.27. The van der Waals surface area contributed by atoms with Crippen LogP contribution in [0, 0.1) is 5.92 Å². The molecule has 1 unspecified atom stereocenters. The van der Waals surface area contributed by atoms with Crippen LogP contribution < -0.4 is 4.90 Å². The van der Waals surface area contributed by atoms with Crippen molar-refractivity contribution >= 4 is 34.5 Å². The standard InChI is InChI=1S/C24H26N2O3S/c1-14-21(24(28)29-4)22(15-7-9-17(10-8-15)26(2)3)23-18(25-14)12-16(13-19(23)27)20-6-5-11-30-20/h5-11,16,21-22H,12-13H2,1-4H3/t16-,21?,22-/m0/s1. The number of benzene rings is 1. The summed E-state index contributed by atoms with van der Waals surface area (Å²) < 4.78 is 5.11. The number of Topliss-reactive ketones (excluding diaryl/α,β-unsaturated/α-hetero) is 1. The Hall–Kier alpha value is -2.73. The molecule has 0 amide bonds. The van der Waals surface area contributed by atoms with Crippen molar-refractivity contribution in [2.45, 2.75) is 31.6 Å². The van der Waals surface area contributed by atoms with Crippen LogP contribution in [0.3, 0.4) is 0 Å².